The number of carbonyl (C=O) groups excluding carboxylic acids is 1. The van der Waals surface area contributed by atoms with Crippen molar-refractivity contribution in [3.8, 4) is 0 Å². The third-order valence-electron chi connectivity index (χ3n) is 4.00. The van der Waals surface area contributed by atoms with Crippen molar-refractivity contribution in [2.45, 2.75) is 51.0 Å². The lowest BCUT2D eigenvalue weighted by atomic mass is 9.97. The van der Waals surface area contributed by atoms with Gasteiger partial charge in [-0.05, 0) is 25.0 Å². The van der Waals surface area contributed by atoms with Crippen molar-refractivity contribution in [2.75, 3.05) is 0 Å². The first-order valence-corrected chi connectivity index (χ1v) is 7.89. The van der Waals surface area contributed by atoms with Crippen LogP contribution in [-0.4, -0.2) is 16.9 Å². The molecule has 1 saturated carbocycles. The summed E-state index contributed by atoms with van der Waals surface area (Å²) in [6.07, 6.45) is 11.0. The zero-order chi connectivity index (χ0) is 15.8. The number of nitro benzene ring substituents is 1. The molecule has 5 nitrogen and oxygen atoms in total. The summed E-state index contributed by atoms with van der Waals surface area (Å²) in [4.78, 5) is 22.5. The average Bonchev–Trinajstić information content (AvgIpc) is 2.48. The molecule has 1 aliphatic carbocycles. The molecule has 1 fully saturated rings. The van der Waals surface area contributed by atoms with E-state index in [0.717, 1.165) is 25.7 Å². The fourth-order valence-corrected chi connectivity index (χ4v) is 2.81. The van der Waals surface area contributed by atoms with Crippen LogP contribution in [0.25, 0.3) is 6.08 Å². The van der Waals surface area contributed by atoms with Crippen molar-refractivity contribution in [3.05, 3.63) is 46.0 Å². The number of nitrogens with zero attached hydrogens (tertiary/aromatic N) is 1. The number of rotatable bonds is 4. The predicted octanol–water partition coefficient (Wildman–Crippen LogP) is 3.84. The SMILES string of the molecule is O=C(/C=C/c1ccccc1[N+](=O)[O-])NC1CCCCCCC1. The van der Waals surface area contributed by atoms with Crippen LogP contribution < -0.4 is 5.32 Å². The van der Waals surface area contributed by atoms with Gasteiger partial charge in [-0.1, -0.05) is 44.2 Å². The molecule has 0 saturated heterocycles. The molecule has 1 amide bonds. The van der Waals surface area contributed by atoms with Gasteiger partial charge in [0.2, 0.25) is 5.91 Å². The Balaban J connectivity index is 1.95. The molecule has 0 radical (unpaired) electrons. The van der Waals surface area contributed by atoms with Crippen molar-refractivity contribution < 1.29 is 9.72 Å². The molecule has 0 unspecified atom stereocenters. The molecular formula is C17H22N2O3. The standard InChI is InChI=1S/C17H22N2O3/c20-17(18-15-9-4-2-1-3-5-10-15)13-12-14-8-6-7-11-16(14)19(21)22/h6-8,11-13,15H,1-5,9-10H2,(H,18,20)/b13-12+. The Kier molecular flexibility index (Phi) is 6.13. The van der Waals surface area contributed by atoms with Crippen LogP contribution in [0.1, 0.15) is 50.5 Å². The van der Waals surface area contributed by atoms with Crippen LogP contribution in [0.5, 0.6) is 0 Å². The molecule has 22 heavy (non-hydrogen) atoms. The van der Waals surface area contributed by atoms with Gasteiger partial charge in [0.25, 0.3) is 5.69 Å². The van der Waals surface area contributed by atoms with Crippen LogP contribution in [0, 0.1) is 10.1 Å². The zero-order valence-corrected chi connectivity index (χ0v) is 12.7. The Morgan fingerprint density at radius 2 is 1.77 bits per heavy atom. The number of benzene rings is 1. The minimum absolute atomic E-state index is 0.0116. The summed E-state index contributed by atoms with van der Waals surface area (Å²) < 4.78 is 0. The molecule has 118 valence electrons. The van der Waals surface area contributed by atoms with Gasteiger partial charge in [-0.2, -0.15) is 0 Å². The number of hydrogen-bond donors (Lipinski definition) is 1. The lowest BCUT2D eigenvalue weighted by molar-refractivity contribution is -0.385. The van der Waals surface area contributed by atoms with E-state index in [1.165, 1.54) is 37.5 Å². The van der Waals surface area contributed by atoms with Gasteiger partial charge in [-0.3, -0.25) is 14.9 Å². The summed E-state index contributed by atoms with van der Waals surface area (Å²) in [5, 5.41) is 13.9. The Hall–Kier alpha value is -2.17. The second kappa shape index (κ2) is 8.32. The van der Waals surface area contributed by atoms with Crippen molar-refractivity contribution in [1.29, 1.82) is 0 Å². The third kappa shape index (κ3) is 4.98. The van der Waals surface area contributed by atoms with E-state index in [1.54, 1.807) is 18.2 Å². The van der Waals surface area contributed by atoms with Gasteiger partial charge in [-0.25, -0.2) is 0 Å². The number of nitro groups is 1. The maximum absolute atomic E-state index is 12.0. The highest BCUT2D eigenvalue weighted by Gasteiger charge is 2.13. The summed E-state index contributed by atoms with van der Waals surface area (Å²) in [5.41, 5.74) is 0.456. The van der Waals surface area contributed by atoms with Crippen molar-refractivity contribution in [3.63, 3.8) is 0 Å². The summed E-state index contributed by atoms with van der Waals surface area (Å²) in [6, 6.07) is 6.64. The molecule has 1 aromatic rings. The molecule has 2 rings (SSSR count). The molecule has 1 N–H and O–H groups in total. The molecular weight excluding hydrogens is 280 g/mol. The highest BCUT2D eigenvalue weighted by atomic mass is 16.6. The van der Waals surface area contributed by atoms with E-state index in [0.29, 0.717) is 5.56 Å². The van der Waals surface area contributed by atoms with Gasteiger partial charge >= 0.3 is 0 Å². The largest absolute Gasteiger partial charge is 0.350 e. The van der Waals surface area contributed by atoms with Gasteiger partial charge in [0, 0.05) is 18.2 Å². The van der Waals surface area contributed by atoms with Gasteiger partial charge in [-0.15, -0.1) is 0 Å². The van der Waals surface area contributed by atoms with E-state index in [4.69, 9.17) is 0 Å². The van der Waals surface area contributed by atoms with Crippen molar-refractivity contribution >= 4 is 17.7 Å². The van der Waals surface area contributed by atoms with Crippen LogP contribution in [0.3, 0.4) is 0 Å². The van der Waals surface area contributed by atoms with Gasteiger partial charge in [0.15, 0.2) is 0 Å². The molecule has 5 heteroatoms. The van der Waals surface area contributed by atoms with Gasteiger partial charge in [0.05, 0.1) is 10.5 Å². The number of para-hydroxylation sites is 1. The molecule has 1 aromatic carbocycles. The van der Waals surface area contributed by atoms with E-state index in [1.807, 2.05) is 0 Å². The Morgan fingerprint density at radius 1 is 1.14 bits per heavy atom. The highest BCUT2D eigenvalue weighted by molar-refractivity contribution is 5.92. The van der Waals surface area contributed by atoms with E-state index in [2.05, 4.69) is 5.32 Å². The highest BCUT2D eigenvalue weighted by Crippen LogP contribution is 2.19. The normalized spacial score (nSPS) is 16.9. The van der Waals surface area contributed by atoms with Crippen molar-refractivity contribution in [1.82, 2.24) is 5.32 Å². The smallest absolute Gasteiger partial charge is 0.276 e. The van der Waals surface area contributed by atoms with E-state index >= 15 is 0 Å². The molecule has 0 aromatic heterocycles. The lowest BCUT2D eigenvalue weighted by Gasteiger charge is -2.20. The molecule has 0 atom stereocenters. The van der Waals surface area contributed by atoms with Crippen LogP contribution in [0.4, 0.5) is 5.69 Å². The van der Waals surface area contributed by atoms with E-state index in [-0.39, 0.29) is 17.6 Å². The molecule has 0 heterocycles. The molecule has 0 spiro atoms. The first kappa shape index (κ1) is 16.2. The Morgan fingerprint density at radius 3 is 2.45 bits per heavy atom. The minimum Gasteiger partial charge on any atom is -0.350 e. The maximum atomic E-state index is 12.0. The average molecular weight is 302 g/mol. The fourth-order valence-electron chi connectivity index (χ4n) is 2.81. The molecule has 1 aliphatic rings. The number of hydrogen-bond acceptors (Lipinski definition) is 3. The Bertz CT molecular complexity index is 547. The topological polar surface area (TPSA) is 72.2 Å². The monoisotopic (exact) mass is 302 g/mol. The van der Waals surface area contributed by atoms with Crippen LogP contribution in [0.2, 0.25) is 0 Å². The summed E-state index contributed by atoms with van der Waals surface area (Å²) >= 11 is 0. The van der Waals surface area contributed by atoms with E-state index in [9.17, 15) is 14.9 Å². The maximum Gasteiger partial charge on any atom is 0.276 e. The summed E-state index contributed by atoms with van der Waals surface area (Å²) in [7, 11) is 0. The molecule has 0 aliphatic heterocycles. The summed E-state index contributed by atoms with van der Waals surface area (Å²) in [6.45, 7) is 0. The lowest BCUT2D eigenvalue weighted by Crippen LogP contribution is -2.34. The summed E-state index contributed by atoms with van der Waals surface area (Å²) in [5.74, 6) is -0.177. The Labute approximate surface area is 130 Å². The quantitative estimate of drug-likeness (QED) is 0.522. The second-order valence-electron chi connectivity index (χ2n) is 5.70. The first-order chi connectivity index (χ1) is 10.7. The third-order valence-corrected chi connectivity index (χ3v) is 4.00. The second-order valence-corrected chi connectivity index (χ2v) is 5.70. The predicted molar refractivity (Wildman–Crippen MR) is 86.4 cm³/mol. The van der Waals surface area contributed by atoms with Crippen LogP contribution in [-0.2, 0) is 4.79 Å². The first-order valence-electron chi connectivity index (χ1n) is 7.89. The number of amides is 1. The molecule has 0 bridgehead atoms. The van der Waals surface area contributed by atoms with E-state index < -0.39 is 4.92 Å². The van der Waals surface area contributed by atoms with Gasteiger partial charge < -0.3 is 5.32 Å². The number of nitrogens with one attached hydrogen (secondary N) is 1. The van der Waals surface area contributed by atoms with Crippen molar-refractivity contribution in [2.24, 2.45) is 0 Å². The number of carbonyl (C=O) groups is 1. The zero-order valence-electron chi connectivity index (χ0n) is 12.7. The van der Waals surface area contributed by atoms with Gasteiger partial charge in [0.1, 0.15) is 0 Å². The van der Waals surface area contributed by atoms with Crippen LogP contribution in [0.15, 0.2) is 30.3 Å². The minimum atomic E-state index is -0.438. The fraction of sp³-hybridized carbons (Fsp3) is 0.471. The van der Waals surface area contributed by atoms with Crippen LogP contribution >= 0.6 is 0 Å².